The molecule has 0 aliphatic heterocycles. The van der Waals surface area contributed by atoms with Crippen LogP contribution in [0.2, 0.25) is 0 Å². The Hall–Kier alpha value is -2.46. The molecule has 0 radical (unpaired) electrons. The van der Waals surface area contributed by atoms with Crippen molar-refractivity contribution in [3.63, 3.8) is 0 Å². The second-order valence-corrected chi connectivity index (χ2v) is 4.88. The SMILES string of the molecule is c1ccc(-c2[nH]ncc2CNCCc2ccccn2)cc1. The molecule has 0 aliphatic carbocycles. The highest BCUT2D eigenvalue weighted by Crippen LogP contribution is 2.20. The van der Waals surface area contributed by atoms with E-state index in [0.29, 0.717) is 0 Å². The van der Waals surface area contributed by atoms with Crippen molar-refractivity contribution in [1.82, 2.24) is 20.5 Å². The Labute approximate surface area is 124 Å². The van der Waals surface area contributed by atoms with Crippen LogP contribution in [0.3, 0.4) is 0 Å². The third-order valence-electron chi connectivity index (χ3n) is 3.38. The molecule has 0 bridgehead atoms. The van der Waals surface area contributed by atoms with Crippen LogP contribution in [0, 0.1) is 0 Å². The first-order chi connectivity index (χ1) is 10.4. The van der Waals surface area contributed by atoms with Crippen molar-refractivity contribution in [1.29, 1.82) is 0 Å². The van der Waals surface area contributed by atoms with Gasteiger partial charge in [0.25, 0.3) is 0 Å². The van der Waals surface area contributed by atoms with Crippen molar-refractivity contribution in [2.75, 3.05) is 6.54 Å². The molecule has 3 aromatic rings. The first-order valence-electron chi connectivity index (χ1n) is 7.12. The molecule has 0 aliphatic rings. The van der Waals surface area contributed by atoms with Gasteiger partial charge in [-0.25, -0.2) is 0 Å². The summed E-state index contributed by atoms with van der Waals surface area (Å²) >= 11 is 0. The van der Waals surface area contributed by atoms with E-state index in [4.69, 9.17) is 0 Å². The quantitative estimate of drug-likeness (QED) is 0.682. The van der Waals surface area contributed by atoms with Gasteiger partial charge in [0.15, 0.2) is 0 Å². The Morgan fingerprint density at radius 1 is 1.00 bits per heavy atom. The molecule has 1 aromatic carbocycles. The van der Waals surface area contributed by atoms with Crippen LogP contribution in [0.15, 0.2) is 60.9 Å². The van der Waals surface area contributed by atoms with Crippen molar-refractivity contribution < 1.29 is 0 Å². The van der Waals surface area contributed by atoms with Crippen molar-refractivity contribution >= 4 is 0 Å². The summed E-state index contributed by atoms with van der Waals surface area (Å²) in [5.41, 5.74) is 4.54. The van der Waals surface area contributed by atoms with Gasteiger partial charge >= 0.3 is 0 Å². The highest BCUT2D eigenvalue weighted by Gasteiger charge is 2.06. The summed E-state index contributed by atoms with van der Waals surface area (Å²) in [7, 11) is 0. The zero-order valence-electron chi connectivity index (χ0n) is 11.8. The van der Waals surface area contributed by atoms with Gasteiger partial charge in [-0.2, -0.15) is 5.10 Å². The molecular formula is C17H18N4. The standard InChI is InChI=1S/C17H18N4/c1-2-6-14(7-3-1)17-15(13-20-21-17)12-18-11-9-16-8-4-5-10-19-16/h1-8,10,13,18H,9,11-12H2,(H,20,21). The third-order valence-corrected chi connectivity index (χ3v) is 3.38. The van der Waals surface area contributed by atoms with E-state index in [0.717, 1.165) is 36.5 Å². The average molecular weight is 278 g/mol. The van der Waals surface area contributed by atoms with E-state index in [1.54, 1.807) is 0 Å². The smallest absolute Gasteiger partial charge is 0.0695 e. The Morgan fingerprint density at radius 2 is 1.86 bits per heavy atom. The maximum absolute atomic E-state index is 4.32. The highest BCUT2D eigenvalue weighted by molar-refractivity contribution is 5.62. The number of benzene rings is 1. The summed E-state index contributed by atoms with van der Waals surface area (Å²) in [4.78, 5) is 4.32. The summed E-state index contributed by atoms with van der Waals surface area (Å²) in [5.74, 6) is 0. The van der Waals surface area contributed by atoms with Gasteiger partial charge in [0.1, 0.15) is 0 Å². The molecule has 3 rings (SSSR count). The Bertz CT molecular complexity index is 662. The lowest BCUT2D eigenvalue weighted by atomic mass is 10.1. The molecule has 2 N–H and O–H groups in total. The molecule has 0 atom stereocenters. The maximum atomic E-state index is 4.32. The summed E-state index contributed by atoms with van der Waals surface area (Å²) in [6, 6.07) is 16.3. The van der Waals surface area contributed by atoms with Gasteiger partial charge in [0.2, 0.25) is 0 Å². The van der Waals surface area contributed by atoms with Crippen LogP contribution in [-0.2, 0) is 13.0 Å². The van der Waals surface area contributed by atoms with Crippen molar-refractivity contribution in [2.45, 2.75) is 13.0 Å². The number of nitrogens with one attached hydrogen (secondary N) is 2. The first-order valence-corrected chi connectivity index (χ1v) is 7.12. The lowest BCUT2D eigenvalue weighted by molar-refractivity contribution is 0.681. The highest BCUT2D eigenvalue weighted by atomic mass is 15.1. The van der Waals surface area contributed by atoms with Gasteiger partial charge in [0, 0.05) is 37.0 Å². The van der Waals surface area contributed by atoms with Crippen LogP contribution in [0.5, 0.6) is 0 Å². The number of hydrogen-bond acceptors (Lipinski definition) is 3. The van der Waals surface area contributed by atoms with E-state index in [1.165, 1.54) is 5.56 Å². The molecule has 0 spiro atoms. The lowest BCUT2D eigenvalue weighted by Crippen LogP contribution is -2.17. The molecule has 0 fully saturated rings. The molecule has 0 saturated heterocycles. The predicted octanol–water partition coefficient (Wildman–Crippen LogP) is 2.80. The molecule has 4 heteroatoms. The monoisotopic (exact) mass is 278 g/mol. The number of H-pyrrole nitrogens is 1. The Balaban J connectivity index is 1.56. The Kier molecular flexibility index (Phi) is 4.39. The number of aromatic amines is 1. The first kappa shape index (κ1) is 13.5. The second kappa shape index (κ2) is 6.81. The minimum Gasteiger partial charge on any atom is -0.312 e. The molecule has 21 heavy (non-hydrogen) atoms. The van der Waals surface area contributed by atoms with Crippen LogP contribution in [-0.4, -0.2) is 21.7 Å². The molecular weight excluding hydrogens is 260 g/mol. The minimum atomic E-state index is 0.799. The third kappa shape index (κ3) is 3.55. The average Bonchev–Trinajstić information content (AvgIpc) is 3.02. The molecule has 106 valence electrons. The van der Waals surface area contributed by atoms with Crippen LogP contribution in [0.25, 0.3) is 11.3 Å². The van der Waals surface area contributed by atoms with E-state index in [-0.39, 0.29) is 0 Å². The largest absolute Gasteiger partial charge is 0.312 e. The summed E-state index contributed by atoms with van der Waals surface area (Å²) in [5, 5.41) is 10.7. The fraction of sp³-hybridized carbons (Fsp3) is 0.176. The molecule has 2 heterocycles. The number of pyridine rings is 1. The number of aromatic nitrogens is 3. The van der Waals surface area contributed by atoms with Crippen LogP contribution in [0.1, 0.15) is 11.3 Å². The summed E-state index contributed by atoms with van der Waals surface area (Å²) in [6.45, 7) is 1.70. The second-order valence-electron chi connectivity index (χ2n) is 4.88. The topological polar surface area (TPSA) is 53.6 Å². The summed E-state index contributed by atoms with van der Waals surface area (Å²) < 4.78 is 0. The maximum Gasteiger partial charge on any atom is 0.0695 e. The van der Waals surface area contributed by atoms with Crippen LogP contribution >= 0.6 is 0 Å². The lowest BCUT2D eigenvalue weighted by Gasteiger charge is -2.05. The predicted molar refractivity (Wildman–Crippen MR) is 83.7 cm³/mol. The van der Waals surface area contributed by atoms with E-state index >= 15 is 0 Å². The molecule has 0 unspecified atom stereocenters. The van der Waals surface area contributed by atoms with Gasteiger partial charge in [-0.05, 0) is 17.7 Å². The van der Waals surface area contributed by atoms with E-state index in [9.17, 15) is 0 Å². The molecule has 2 aromatic heterocycles. The van der Waals surface area contributed by atoms with Crippen LogP contribution < -0.4 is 5.32 Å². The van der Waals surface area contributed by atoms with Crippen molar-refractivity contribution in [2.24, 2.45) is 0 Å². The van der Waals surface area contributed by atoms with Crippen LogP contribution in [0.4, 0.5) is 0 Å². The van der Waals surface area contributed by atoms with Gasteiger partial charge < -0.3 is 5.32 Å². The minimum absolute atomic E-state index is 0.799. The van der Waals surface area contributed by atoms with E-state index in [2.05, 4.69) is 38.7 Å². The Morgan fingerprint density at radius 3 is 2.67 bits per heavy atom. The van der Waals surface area contributed by atoms with Gasteiger partial charge in [0.05, 0.1) is 11.9 Å². The summed E-state index contributed by atoms with van der Waals surface area (Å²) in [6.07, 6.45) is 4.65. The fourth-order valence-corrected chi connectivity index (χ4v) is 2.29. The van der Waals surface area contributed by atoms with Crippen molar-refractivity contribution in [3.8, 4) is 11.3 Å². The van der Waals surface area contributed by atoms with E-state index in [1.807, 2.05) is 42.7 Å². The number of rotatable bonds is 6. The zero-order valence-corrected chi connectivity index (χ0v) is 11.8. The molecule has 0 saturated carbocycles. The van der Waals surface area contributed by atoms with Gasteiger partial charge in [-0.3, -0.25) is 10.1 Å². The van der Waals surface area contributed by atoms with Gasteiger partial charge in [-0.15, -0.1) is 0 Å². The van der Waals surface area contributed by atoms with Gasteiger partial charge in [-0.1, -0.05) is 36.4 Å². The number of nitrogens with zero attached hydrogens (tertiary/aromatic N) is 2. The molecule has 4 nitrogen and oxygen atoms in total. The van der Waals surface area contributed by atoms with E-state index < -0.39 is 0 Å². The molecule has 0 amide bonds. The fourth-order valence-electron chi connectivity index (χ4n) is 2.29. The van der Waals surface area contributed by atoms with Crippen molar-refractivity contribution in [3.05, 3.63) is 72.2 Å². The zero-order chi connectivity index (χ0) is 14.3. The normalized spacial score (nSPS) is 10.7. The number of hydrogen-bond donors (Lipinski definition) is 2.